The first kappa shape index (κ1) is 14.8. The lowest BCUT2D eigenvalue weighted by Crippen LogP contribution is -2.28. The number of nitrogens with zero attached hydrogens (tertiary/aromatic N) is 2. The van der Waals surface area contributed by atoms with Gasteiger partial charge in [-0.05, 0) is 55.5 Å². The molecule has 0 saturated heterocycles. The summed E-state index contributed by atoms with van der Waals surface area (Å²) in [5.41, 5.74) is 7.42. The van der Waals surface area contributed by atoms with Gasteiger partial charge in [0.15, 0.2) is 0 Å². The molecule has 2 heteroatoms. The highest BCUT2D eigenvalue weighted by atomic mass is 15.2. The summed E-state index contributed by atoms with van der Waals surface area (Å²) in [4.78, 5) is 5.11. The SMILES string of the molecule is CC(c1ccc2c(c1)CCN2C(C)C)N1Cc2ccccc2C1. The smallest absolute Gasteiger partial charge is 0.0402 e. The Morgan fingerprint density at radius 3 is 2.22 bits per heavy atom. The van der Waals surface area contributed by atoms with Crippen LogP contribution in [0, 0.1) is 0 Å². The normalized spacial score (nSPS) is 18.3. The van der Waals surface area contributed by atoms with Gasteiger partial charge in [-0.1, -0.05) is 36.4 Å². The molecule has 0 aliphatic carbocycles. The standard InChI is InChI=1S/C21H26N2/c1-15(2)23-11-10-18-12-17(8-9-21(18)23)16(3)22-13-19-6-4-5-7-20(19)14-22/h4-9,12,15-16H,10-11,13-14H2,1-3H3. The number of hydrogen-bond donors (Lipinski definition) is 0. The van der Waals surface area contributed by atoms with Crippen molar-refractivity contribution >= 4 is 5.69 Å². The highest BCUT2D eigenvalue weighted by molar-refractivity contribution is 5.60. The minimum Gasteiger partial charge on any atom is -0.369 e. The molecule has 120 valence electrons. The van der Waals surface area contributed by atoms with Crippen LogP contribution in [0.2, 0.25) is 0 Å². The fraction of sp³-hybridized carbons (Fsp3) is 0.429. The van der Waals surface area contributed by atoms with Gasteiger partial charge >= 0.3 is 0 Å². The van der Waals surface area contributed by atoms with Gasteiger partial charge in [-0.2, -0.15) is 0 Å². The highest BCUT2D eigenvalue weighted by Gasteiger charge is 2.26. The van der Waals surface area contributed by atoms with Crippen molar-refractivity contribution in [3.63, 3.8) is 0 Å². The largest absolute Gasteiger partial charge is 0.369 e. The maximum Gasteiger partial charge on any atom is 0.0402 e. The summed E-state index contributed by atoms with van der Waals surface area (Å²) in [5.74, 6) is 0. The Hall–Kier alpha value is -1.80. The van der Waals surface area contributed by atoms with Crippen LogP contribution in [0.3, 0.4) is 0 Å². The van der Waals surface area contributed by atoms with Crippen LogP contribution in [0.5, 0.6) is 0 Å². The van der Waals surface area contributed by atoms with Gasteiger partial charge < -0.3 is 4.90 Å². The second-order valence-electron chi connectivity index (χ2n) is 7.27. The van der Waals surface area contributed by atoms with Crippen LogP contribution in [-0.4, -0.2) is 17.5 Å². The van der Waals surface area contributed by atoms with Crippen LogP contribution >= 0.6 is 0 Å². The van der Waals surface area contributed by atoms with E-state index in [1.807, 2.05) is 0 Å². The van der Waals surface area contributed by atoms with Gasteiger partial charge in [0.2, 0.25) is 0 Å². The van der Waals surface area contributed by atoms with Crippen molar-refractivity contribution < 1.29 is 0 Å². The molecular weight excluding hydrogens is 280 g/mol. The Morgan fingerprint density at radius 1 is 0.870 bits per heavy atom. The van der Waals surface area contributed by atoms with Crippen LogP contribution < -0.4 is 4.90 Å². The molecule has 0 aromatic heterocycles. The van der Waals surface area contributed by atoms with Gasteiger partial charge in [0.25, 0.3) is 0 Å². The van der Waals surface area contributed by atoms with E-state index in [0.29, 0.717) is 12.1 Å². The van der Waals surface area contributed by atoms with Crippen LogP contribution in [0.1, 0.15) is 49.1 Å². The third-order valence-electron chi connectivity index (χ3n) is 5.55. The summed E-state index contributed by atoms with van der Waals surface area (Å²) in [7, 11) is 0. The third-order valence-corrected chi connectivity index (χ3v) is 5.55. The summed E-state index contributed by atoms with van der Waals surface area (Å²) in [6.07, 6.45) is 1.19. The second-order valence-corrected chi connectivity index (χ2v) is 7.27. The quantitative estimate of drug-likeness (QED) is 0.822. The monoisotopic (exact) mass is 306 g/mol. The molecule has 2 heterocycles. The molecule has 0 bridgehead atoms. The van der Waals surface area contributed by atoms with Crippen LogP contribution in [0.4, 0.5) is 5.69 Å². The molecule has 4 rings (SSSR count). The van der Waals surface area contributed by atoms with Gasteiger partial charge in [0.05, 0.1) is 0 Å². The van der Waals surface area contributed by atoms with E-state index in [2.05, 4.69) is 73.0 Å². The second kappa shape index (κ2) is 5.68. The van der Waals surface area contributed by atoms with E-state index in [-0.39, 0.29) is 0 Å². The molecule has 2 aromatic rings. The average Bonchev–Trinajstić information content (AvgIpc) is 3.17. The molecule has 0 N–H and O–H groups in total. The molecule has 0 radical (unpaired) electrons. The molecule has 0 saturated carbocycles. The van der Waals surface area contributed by atoms with Gasteiger partial charge in [-0.15, -0.1) is 0 Å². The number of benzene rings is 2. The van der Waals surface area contributed by atoms with Crippen molar-refractivity contribution in [2.24, 2.45) is 0 Å². The Kier molecular flexibility index (Phi) is 3.65. The zero-order valence-corrected chi connectivity index (χ0v) is 14.4. The predicted octanol–water partition coefficient (Wildman–Crippen LogP) is 4.53. The van der Waals surface area contributed by atoms with E-state index in [9.17, 15) is 0 Å². The fourth-order valence-electron chi connectivity index (χ4n) is 4.09. The van der Waals surface area contributed by atoms with E-state index < -0.39 is 0 Å². The molecule has 2 aliphatic rings. The lowest BCUT2D eigenvalue weighted by Gasteiger charge is -2.26. The number of hydrogen-bond acceptors (Lipinski definition) is 2. The molecule has 2 nitrogen and oxygen atoms in total. The minimum atomic E-state index is 0.473. The van der Waals surface area contributed by atoms with E-state index in [1.54, 1.807) is 0 Å². The third kappa shape index (κ3) is 2.55. The molecule has 2 aromatic carbocycles. The van der Waals surface area contributed by atoms with Gasteiger partial charge in [0, 0.05) is 37.4 Å². The Balaban J connectivity index is 1.56. The van der Waals surface area contributed by atoms with Crippen molar-refractivity contribution in [1.29, 1.82) is 0 Å². The first-order chi connectivity index (χ1) is 11.1. The fourth-order valence-corrected chi connectivity index (χ4v) is 4.09. The first-order valence-electron chi connectivity index (χ1n) is 8.84. The van der Waals surface area contributed by atoms with E-state index in [4.69, 9.17) is 0 Å². The van der Waals surface area contributed by atoms with Gasteiger partial charge in [0.1, 0.15) is 0 Å². The zero-order valence-electron chi connectivity index (χ0n) is 14.4. The molecule has 1 unspecified atom stereocenters. The maximum absolute atomic E-state index is 2.58. The first-order valence-corrected chi connectivity index (χ1v) is 8.84. The number of anilines is 1. The van der Waals surface area contributed by atoms with Crippen LogP contribution in [0.15, 0.2) is 42.5 Å². The topological polar surface area (TPSA) is 6.48 Å². The van der Waals surface area contributed by atoms with E-state index >= 15 is 0 Å². The molecule has 0 amide bonds. The van der Waals surface area contributed by atoms with Crippen LogP contribution in [0.25, 0.3) is 0 Å². The van der Waals surface area contributed by atoms with Crippen molar-refractivity contribution in [2.75, 3.05) is 11.4 Å². The zero-order chi connectivity index (χ0) is 16.0. The summed E-state index contributed by atoms with van der Waals surface area (Å²) in [5, 5.41) is 0. The van der Waals surface area contributed by atoms with E-state index in [0.717, 1.165) is 13.1 Å². The lowest BCUT2D eigenvalue weighted by molar-refractivity contribution is 0.215. The highest BCUT2D eigenvalue weighted by Crippen LogP contribution is 2.35. The van der Waals surface area contributed by atoms with Crippen molar-refractivity contribution in [1.82, 2.24) is 4.90 Å². The molecule has 2 aliphatic heterocycles. The molecule has 0 spiro atoms. The summed E-state index contributed by atoms with van der Waals surface area (Å²) in [6.45, 7) is 10.2. The molecule has 1 atom stereocenters. The van der Waals surface area contributed by atoms with Crippen molar-refractivity contribution in [3.8, 4) is 0 Å². The van der Waals surface area contributed by atoms with Crippen molar-refractivity contribution in [2.45, 2.75) is 52.4 Å². The maximum atomic E-state index is 2.58. The number of rotatable bonds is 3. The minimum absolute atomic E-state index is 0.473. The summed E-state index contributed by atoms with van der Waals surface area (Å²) in [6, 6.07) is 17.0. The van der Waals surface area contributed by atoms with Gasteiger partial charge in [-0.3, -0.25) is 4.90 Å². The van der Waals surface area contributed by atoms with E-state index in [1.165, 1.54) is 40.9 Å². The summed E-state index contributed by atoms with van der Waals surface area (Å²) < 4.78 is 0. The van der Waals surface area contributed by atoms with Crippen molar-refractivity contribution in [3.05, 3.63) is 64.7 Å². The Morgan fingerprint density at radius 2 is 1.57 bits per heavy atom. The molecule has 23 heavy (non-hydrogen) atoms. The Bertz CT molecular complexity index is 695. The average molecular weight is 306 g/mol. The molecular formula is C21H26N2. The van der Waals surface area contributed by atoms with Gasteiger partial charge in [-0.25, -0.2) is 0 Å². The predicted molar refractivity (Wildman–Crippen MR) is 96.7 cm³/mol. The number of fused-ring (bicyclic) bond motifs is 2. The Labute approximate surface area is 139 Å². The van der Waals surface area contributed by atoms with Crippen LogP contribution in [-0.2, 0) is 19.5 Å². The summed E-state index contributed by atoms with van der Waals surface area (Å²) >= 11 is 0. The molecule has 0 fully saturated rings. The lowest BCUT2D eigenvalue weighted by atomic mass is 10.0.